The standard InChI is InChI=1S/C15H18N2O2S/c1-12-6-4-5-7-14(12)20(18,19)17-15(2,3)13-8-10-16-11-9-13/h4-11,17H,1-3H3. The number of aryl methyl sites for hydroxylation is 1. The molecule has 106 valence electrons. The van der Waals surface area contributed by atoms with Gasteiger partial charge in [0.2, 0.25) is 10.0 Å². The minimum absolute atomic E-state index is 0.308. The van der Waals surface area contributed by atoms with Gasteiger partial charge in [-0.1, -0.05) is 18.2 Å². The van der Waals surface area contributed by atoms with Crippen molar-refractivity contribution in [2.24, 2.45) is 0 Å². The first-order chi connectivity index (χ1) is 9.33. The van der Waals surface area contributed by atoms with Gasteiger partial charge in [-0.2, -0.15) is 0 Å². The second kappa shape index (κ2) is 5.34. The Labute approximate surface area is 119 Å². The van der Waals surface area contributed by atoms with Gasteiger partial charge in [0, 0.05) is 12.4 Å². The normalized spacial score (nSPS) is 12.3. The van der Waals surface area contributed by atoms with Crippen LogP contribution in [0.2, 0.25) is 0 Å². The summed E-state index contributed by atoms with van der Waals surface area (Å²) in [6.45, 7) is 5.45. The molecule has 0 saturated carbocycles. The maximum atomic E-state index is 12.5. The van der Waals surface area contributed by atoms with E-state index in [1.165, 1.54) is 0 Å². The maximum Gasteiger partial charge on any atom is 0.241 e. The monoisotopic (exact) mass is 290 g/mol. The number of nitrogens with one attached hydrogen (secondary N) is 1. The summed E-state index contributed by atoms with van der Waals surface area (Å²) in [6, 6.07) is 10.6. The van der Waals surface area contributed by atoms with Crippen molar-refractivity contribution in [3.63, 3.8) is 0 Å². The van der Waals surface area contributed by atoms with Gasteiger partial charge >= 0.3 is 0 Å². The molecule has 0 fully saturated rings. The fourth-order valence-electron chi connectivity index (χ4n) is 2.08. The summed E-state index contributed by atoms with van der Waals surface area (Å²) in [7, 11) is -3.57. The van der Waals surface area contributed by atoms with Crippen molar-refractivity contribution in [2.45, 2.75) is 31.2 Å². The van der Waals surface area contributed by atoms with E-state index >= 15 is 0 Å². The number of pyridine rings is 1. The molecule has 1 aromatic carbocycles. The van der Waals surface area contributed by atoms with Crippen molar-refractivity contribution >= 4 is 10.0 Å². The minimum atomic E-state index is -3.57. The lowest BCUT2D eigenvalue weighted by molar-refractivity contribution is 0.471. The number of benzene rings is 1. The maximum absolute atomic E-state index is 12.5. The molecule has 0 saturated heterocycles. The highest BCUT2D eigenvalue weighted by Crippen LogP contribution is 2.23. The van der Waals surface area contributed by atoms with Crippen molar-refractivity contribution in [3.8, 4) is 0 Å². The number of aromatic nitrogens is 1. The first kappa shape index (κ1) is 14.7. The van der Waals surface area contributed by atoms with Crippen LogP contribution in [-0.2, 0) is 15.6 Å². The van der Waals surface area contributed by atoms with Gasteiger partial charge in [0.15, 0.2) is 0 Å². The predicted octanol–water partition coefficient (Wildman–Crippen LogP) is 2.60. The average molecular weight is 290 g/mol. The van der Waals surface area contributed by atoms with Crippen molar-refractivity contribution in [1.29, 1.82) is 0 Å². The molecule has 0 atom stereocenters. The van der Waals surface area contributed by atoms with Gasteiger partial charge in [0.05, 0.1) is 10.4 Å². The Morgan fingerprint density at radius 2 is 1.65 bits per heavy atom. The lowest BCUT2D eigenvalue weighted by Gasteiger charge is -2.26. The minimum Gasteiger partial charge on any atom is -0.265 e. The SMILES string of the molecule is Cc1ccccc1S(=O)(=O)NC(C)(C)c1ccncc1. The summed E-state index contributed by atoms with van der Waals surface area (Å²) >= 11 is 0. The van der Waals surface area contributed by atoms with Crippen LogP contribution in [0.15, 0.2) is 53.7 Å². The van der Waals surface area contributed by atoms with Gasteiger partial charge < -0.3 is 0 Å². The van der Waals surface area contributed by atoms with E-state index in [-0.39, 0.29) is 0 Å². The van der Waals surface area contributed by atoms with E-state index in [0.717, 1.165) is 11.1 Å². The molecule has 1 heterocycles. The molecule has 0 aliphatic rings. The van der Waals surface area contributed by atoms with Crippen molar-refractivity contribution in [1.82, 2.24) is 9.71 Å². The first-order valence-electron chi connectivity index (χ1n) is 6.33. The molecule has 0 aliphatic heterocycles. The highest BCUT2D eigenvalue weighted by atomic mass is 32.2. The summed E-state index contributed by atoms with van der Waals surface area (Å²) in [4.78, 5) is 4.26. The second-order valence-corrected chi connectivity index (χ2v) is 6.88. The Morgan fingerprint density at radius 1 is 1.05 bits per heavy atom. The third-order valence-corrected chi connectivity index (χ3v) is 4.99. The topological polar surface area (TPSA) is 59.1 Å². The van der Waals surface area contributed by atoms with Crippen molar-refractivity contribution in [3.05, 3.63) is 59.9 Å². The number of nitrogens with zero attached hydrogens (tertiary/aromatic N) is 1. The van der Waals surface area contributed by atoms with Gasteiger partial charge in [-0.3, -0.25) is 4.98 Å². The molecular weight excluding hydrogens is 272 g/mol. The van der Waals surface area contributed by atoms with E-state index in [4.69, 9.17) is 0 Å². The van der Waals surface area contributed by atoms with Crippen LogP contribution in [0.3, 0.4) is 0 Å². The van der Waals surface area contributed by atoms with Crippen LogP contribution in [0.25, 0.3) is 0 Å². The van der Waals surface area contributed by atoms with Gasteiger partial charge in [-0.25, -0.2) is 13.1 Å². The van der Waals surface area contributed by atoms with E-state index in [1.54, 1.807) is 49.6 Å². The van der Waals surface area contributed by atoms with Gasteiger partial charge in [0.25, 0.3) is 0 Å². The third-order valence-electron chi connectivity index (χ3n) is 3.17. The van der Waals surface area contributed by atoms with Gasteiger partial charge in [0.1, 0.15) is 0 Å². The van der Waals surface area contributed by atoms with E-state index < -0.39 is 15.6 Å². The molecule has 0 spiro atoms. The Kier molecular flexibility index (Phi) is 3.92. The van der Waals surface area contributed by atoms with E-state index in [9.17, 15) is 8.42 Å². The molecule has 4 nitrogen and oxygen atoms in total. The summed E-state index contributed by atoms with van der Waals surface area (Å²) in [5.41, 5.74) is 0.888. The molecule has 0 bridgehead atoms. The van der Waals surface area contributed by atoms with Crippen LogP contribution in [0, 0.1) is 6.92 Å². The lowest BCUT2D eigenvalue weighted by atomic mass is 9.97. The van der Waals surface area contributed by atoms with E-state index in [0.29, 0.717) is 4.90 Å². The molecule has 0 radical (unpaired) electrons. The zero-order valence-corrected chi connectivity index (χ0v) is 12.6. The van der Waals surface area contributed by atoms with Crippen molar-refractivity contribution < 1.29 is 8.42 Å². The number of rotatable bonds is 4. The average Bonchev–Trinajstić information content (AvgIpc) is 2.39. The van der Waals surface area contributed by atoms with Crippen LogP contribution in [0.5, 0.6) is 0 Å². The molecule has 20 heavy (non-hydrogen) atoms. The highest BCUT2D eigenvalue weighted by Gasteiger charge is 2.28. The highest BCUT2D eigenvalue weighted by molar-refractivity contribution is 7.89. The number of hydrogen-bond donors (Lipinski definition) is 1. The Hall–Kier alpha value is -1.72. The Balaban J connectivity index is 2.36. The zero-order chi connectivity index (χ0) is 14.8. The molecule has 0 amide bonds. The molecular formula is C15H18N2O2S. The predicted molar refractivity (Wildman–Crippen MR) is 78.8 cm³/mol. The first-order valence-corrected chi connectivity index (χ1v) is 7.81. The largest absolute Gasteiger partial charge is 0.265 e. The third kappa shape index (κ3) is 3.05. The molecule has 0 aliphatic carbocycles. The molecule has 1 N–H and O–H groups in total. The smallest absolute Gasteiger partial charge is 0.241 e. The van der Waals surface area contributed by atoms with Crippen LogP contribution in [0.1, 0.15) is 25.0 Å². The molecule has 0 unspecified atom stereocenters. The number of sulfonamides is 1. The van der Waals surface area contributed by atoms with Gasteiger partial charge in [-0.05, 0) is 50.1 Å². The lowest BCUT2D eigenvalue weighted by Crippen LogP contribution is -2.41. The fraction of sp³-hybridized carbons (Fsp3) is 0.267. The quantitative estimate of drug-likeness (QED) is 0.941. The molecule has 5 heteroatoms. The Morgan fingerprint density at radius 3 is 2.25 bits per heavy atom. The zero-order valence-electron chi connectivity index (χ0n) is 11.8. The molecule has 2 aromatic rings. The molecule has 1 aromatic heterocycles. The second-order valence-electron chi connectivity index (χ2n) is 5.23. The molecule has 2 rings (SSSR count). The van der Waals surface area contributed by atoms with Crippen LogP contribution < -0.4 is 4.72 Å². The summed E-state index contributed by atoms with van der Waals surface area (Å²) < 4.78 is 27.8. The number of hydrogen-bond acceptors (Lipinski definition) is 3. The van der Waals surface area contributed by atoms with Crippen molar-refractivity contribution in [2.75, 3.05) is 0 Å². The van der Waals surface area contributed by atoms with E-state index in [1.807, 2.05) is 19.9 Å². The summed E-state index contributed by atoms with van der Waals surface area (Å²) in [6.07, 6.45) is 3.30. The Bertz CT molecular complexity index is 695. The van der Waals surface area contributed by atoms with Crippen LogP contribution in [0.4, 0.5) is 0 Å². The van der Waals surface area contributed by atoms with Gasteiger partial charge in [-0.15, -0.1) is 0 Å². The summed E-state index contributed by atoms with van der Waals surface area (Å²) in [5, 5.41) is 0. The van der Waals surface area contributed by atoms with Crippen LogP contribution >= 0.6 is 0 Å². The fourth-order valence-corrected chi connectivity index (χ4v) is 3.73. The summed E-state index contributed by atoms with van der Waals surface area (Å²) in [5.74, 6) is 0. The van der Waals surface area contributed by atoms with Crippen LogP contribution in [-0.4, -0.2) is 13.4 Å². The van der Waals surface area contributed by atoms with E-state index in [2.05, 4.69) is 9.71 Å².